The van der Waals surface area contributed by atoms with Crippen LogP contribution in [-0.2, 0) is 4.79 Å². The number of hydrogen-bond acceptors (Lipinski definition) is 3. The quantitative estimate of drug-likeness (QED) is 0.771. The molecule has 118 valence electrons. The van der Waals surface area contributed by atoms with Gasteiger partial charge in [-0.3, -0.25) is 4.79 Å². The predicted octanol–water partition coefficient (Wildman–Crippen LogP) is 4.33. The molecule has 2 aromatic rings. The van der Waals surface area contributed by atoms with Crippen LogP contribution in [0.1, 0.15) is 11.1 Å². The molecule has 3 rings (SSSR count). The number of halogens is 2. The number of hydrogen-bond donors (Lipinski definition) is 1. The summed E-state index contributed by atoms with van der Waals surface area (Å²) in [5.41, 5.74) is 2.93. The summed E-state index contributed by atoms with van der Waals surface area (Å²) in [6.45, 7) is 0. The molecule has 0 unspecified atom stereocenters. The van der Waals surface area contributed by atoms with E-state index < -0.39 is 0 Å². The highest BCUT2D eigenvalue weighted by atomic mass is 79.9. The number of benzene rings is 2. The van der Waals surface area contributed by atoms with Gasteiger partial charge in [0.15, 0.2) is 11.5 Å². The second-order valence-electron chi connectivity index (χ2n) is 5.14. The van der Waals surface area contributed by atoms with Crippen LogP contribution in [0.4, 0.5) is 5.69 Å². The van der Waals surface area contributed by atoms with Gasteiger partial charge in [0.1, 0.15) is 0 Å². The van der Waals surface area contributed by atoms with Crippen molar-refractivity contribution in [2.45, 2.75) is 0 Å². The van der Waals surface area contributed by atoms with Crippen LogP contribution in [0.3, 0.4) is 0 Å². The Morgan fingerprint density at radius 2 is 2.04 bits per heavy atom. The van der Waals surface area contributed by atoms with E-state index in [1.54, 1.807) is 30.2 Å². The molecule has 0 saturated heterocycles. The summed E-state index contributed by atoms with van der Waals surface area (Å²) in [7, 11) is 3.18. The van der Waals surface area contributed by atoms with E-state index in [9.17, 15) is 9.90 Å². The van der Waals surface area contributed by atoms with Gasteiger partial charge in [-0.25, -0.2) is 0 Å². The van der Waals surface area contributed by atoms with Crippen molar-refractivity contribution in [3.8, 4) is 11.5 Å². The molecule has 23 heavy (non-hydrogen) atoms. The van der Waals surface area contributed by atoms with Crippen molar-refractivity contribution in [2.75, 3.05) is 19.1 Å². The van der Waals surface area contributed by atoms with Gasteiger partial charge in [0, 0.05) is 22.7 Å². The summed E-state index contributed by atoms with van der Waals surface area (Å²) in [6, 6.07) is 8.92. The third-order valence-electron chi connectivity index (χ3n) is 3.73. The lowest BCUT2D eigenvalue weighted by atomic mass is 10.0. The van der Waals surface area contributed by atoms with Crippen LogP contribution in [-0.4, -0.2) is 25.2 Å². The predicted molar refractivity (Wildman–Crippen MR) is 95.1 cm³/mol. The molecule has 0 fully saturated rings. The Kier molecular flexibility index (Phi) is 4.08. The van der Waals surface area contributed by atoms with Crippen LogP contribution in [0, 0.1) is 0 Å². The minimum absolute atomic E-state index is 0.0961. The van der Waals surface area contributed by atoms with Gasteiger partial charge in [-0.15, -0.1) is 0 Å². The Hall–Kier alpha value is -1.98. The van der Waals surface area contributed by atoms with Crippen LogP contribution in [0.15, 0.2) is 34.8 Å². The van der Waals surface area contributed by atoms with Crippen molar-refractivity contribution in [3.05, 3.63) is 51.0 Å². The molecule has 1 aliphatic heterocycles. The fourth-order valence-electron chi connectivity index (χ4n) is 2.56. The largest absolute Gasteiger partial charge is 0.503 e. The topological polar surface area (TPSA) is 49.8 Å². The lowest BCUT2D eigenvalue weighted by Crippen LogP contribution is -2.20. The first-order chi connectivity index (χ1) is 10.9. The Balaban J connectivity index is 2.16. The second-order valence-corrected chi connectivity index (χ2v) is 6.46. The molecule has 1 N–H and O–H groups in total. The third kappa shape index (κ3) is 2.71. The molecule has 4 nitrogen and oxygen atoms in total. The summed E-state index contributed by atoms with van der Waals surface area (Å²) in [5, 5.41) is 9.98. The molecule has 1 heterocycles. The minimum Gasteiger partial charge on any atom is -0.503 e. The van der Waals surface area contributed by atoms with E-state index in [1.165, 1.54) is 7.11 Å². The van der Waals surface area contributed by atoms with Crippen LogP contribution in [0.5, 0.6) is 11.5 Å². The third-order valence-corrected chi connectivity index (χ3v) is 4.51. The number of rotatable bonds is 2. The monoisotopic (exact) mass is 393 g/mol. The number of carbonyl (C=O) groups is 1. The highest BCUT2D eigenvalue weighted by molar-refractivity contribution is 9.10. The first-order valence-corrected chi connectivity index (χ1v) is 7.95. The van der Waals surface area contributed by atoms with Crippen LogP contribution < -0.4 is 9.64 Å². The van der Waals surface area contributed by atoms with Crippen molar-refractivity contribution >= 4 is 50.8 Å². The summed E-state index contributed by atoms with van der Waals surface area (Å²) < 4.78 is 6.00. The molecule has 0 aromatic heterocycles. The number of methoxy groups -OCH3 is 1. The number of likely N-dealkylation sites (N-methyl/N-ethyl adjacent to an activating group) is 1. The smallest absolute Gasteiger partial charge is 0.258 e. The molecule has 0 radical (unpaired) electrons. The maximum absolute atomic E-state index is 12.5. The van der Waals surface area contributed by atoms with Crippen LogP contribution in [0.25, 0.3) is 11.6 Å². The van der Waals surface area contributed by atoms with Gasteiger partial charge >= 0.3 is 0 Å². The van der Waals surface area contributed by atoms with E-state index in [1.807, 2.05) is 18.2 Å². The fraction of sp³-hybridized carbons (Fsp3) is 0.118. The number of aromatic hydroxyl groups is 1. The van der Waals surface area contributed by atoms with E-state index >= 15 is 0 Å². The molecule has 2 aromatic carbocycles. The van der Waals surface area contributed by atoms with Gasteiger partial charge in [0.25, 0.3) is 5.91 Å². The minimum atomic E-state index is -0.116. The first kappa shape index (κ1) is 15.9. The molecule has 0 aliphatic carbocycles. The molecule has 0 atom stereocenters. The zero-order chi connectivity index (χ0) is 16.7. The summed E-state index contributed by atoms with van der Waals surface area (Å²) in [4.78, 5) is 14.1. The Bertz CT molecular complexity index is 848. The van der Waals surface area contributed by atoms with Crippen molar-refractivity contribution in [1.29, 1.82) is 0 Å². The van der Waals surface area contributed by atoms with Crippen molar-refractivity contribution in [1.82, 2.24) is 0 Å². The molecular weight excluding hydrogens is 382 g/mol. The molecule has 0 spiro atoms. The number of carbonyl (C=O) groups excluding carboxylic acids is 1. The van der Waals surface area contributed by atoms with Gasteiger partial charge in [0.2, 0.25) is 0 Å². The van der Waals surface area contributed by atoms with E-state index in [2.05, 4.69) is 15.9 Å². The summed E-state index contributed by atoms with van der Waals surface area (Å²) >= 11 is 9.44. The van der Waals surface area contributed by atoms with E-state index in [0.29, 0.717) is 11.1 Å². The van der Waals surface area contributed by atoms with E-state index in [-0.39, 0.29) is 22.4 Å². The molecule has 1 amide bonds. The van der Waals surface area contributed by atoms with Crippen LogP contribution >= 0.6 is 27.5 Å². The number of phenolic OH excluding ortho intramolecular Hbond substituents is 1. The van der Waals surface area contributed by atoms with Gasteiger partial charge in [0.05, 0.1) is 17.8 Å². The number of phenols is 1. The average Bonchev–Trinajstić information content (AvgIpc) is 2.75. The summed E-state index contributed by atoms with van der Waals surface area (Å²) in [6.07, 6.45) is 1.74. The Morgan fingerprint density at radius 3 is 2.74 bits per heavy atom. The zero-order valence-corrected chi connectivity index (χ0v) is 14.8. The standard InChI is InChI=1S/C17H13BrClNO3/c1-20-14-4-3-10(18)8-11(14)12(17(20)22)5-9-6-13(19)16(21)15(7-9)23-2/h3-8,21H,1-2H3/b12-5-. The van der Waals surface area contributed by atoms with Gasteiger partial charge in [-0.1, -0.05) is 27.5 Å². The first-order valence-electron chi connectivity index (χ1n) is 6.78. The molecule has 0 bridgehead atoms. The highest BCUT2D eigenvalue weighted by Crippen LogP contribution is 2.40. The lowest BCUT2D eigenvalue weighted by molar-refractivity contribution is -0.112. The van der Waals surface area contributed by atoms with Crippen LogP contribution in [0.2, 0.25) is 5.02 Å². The number of fused-ring (bicyclic) bond motifs is 1. The zero-order valence-electron chi connectivity index (χ0n) is 12.4. The second kappa shape index (κ2) is 5.91. The maximum Gasteiger partial charge on any atom is 0.258 e. The van der Waals surface area contributed by atoms with Gasteiger partial charge in [-0.2, -0.15) is 0 Å². The van der Waals surface area contributed by atoms with E-state index in [0.717, 1.165) is 15.7 Å². The lowest BCUT2D eigenvalue weighted by Gasteiger charge is -2.08. The molecule has 0 saturated carbocycles. The number of nitrogens with zero attached hydrogens (tertiary/aromatic N) is 1. The number of anilines is 1. The maximum atomic E-state index is 12.5. The average molecular weight is 395 g/mol. The van der Waals surface area contributed by atoms with Crippen molar-refractivity contribution in [3.63, 3.8) is 0 Å². The molecule has 6 heteroatoms. The SMILES string of the molecule is COc1cc(/C=C2\C(=O)N(C)c3ccc(Br)cc32)cc(Cl)c1O. The summed E-state index contributed by atoms with van der Waals surface area (Å²) in [5.74, 6) is 0.0493. The van der Waals surface area contributed by atoms with Crippen molar-refractivity contribution in [2.24, 2.45) is 0 Å². The highest BCUT2D eigenvalue weighted by Gasteiger charge is 2.29. The van der Waals surface area contributed by atoms with E-state index in [4.69, 9.17) is 16.3 Å². The molecular formula is C17H13BrClNO3. The number of amides is 1. The van der Waals surface area contributed by atoms with Gasteiger partial charge in [-0.05, 0) is 42.0 Å². The number of ether oxygens (including phenoxy) is 1. The Morgan fingerprint density at radius 1 is 1.30 bits per heavy atom. The molecule has 1 aliphatic rings. The van der Waals surface area contributed by atoms with Crippen molar-refractivity contribution < 1.29 is 14.6 Å². The fourth-order valence-corrected chi connectivity index (χ4v) is 3.14. The Labute approximate surface area is 147 Å². The normalized spacial score (nSPS) is 15.2. The van der Waals surface area contributed by atoms with Gasteiger partial charge < -0.3 is 14.7 Å².